The number of alkyl halides is 3. The molecule has 0 radical (unpaired) electrons. The van der Waals surface area contributed by atoms with E-state index in [0.29, 0.717) is 11.6 Å². The van der Waals surface area contributed by atoms with E-state index in [1.165, 1.54) is 41.4 Å². The predicted octanol–water partition coefficient (Wildman–Crippen LogP) is 3.99. The van der Waals surface area contributed by atoms with Crippen molar-refractivity contribution in [1.29, 1.82) is 0 Å². The Labute approximate surface area is 186 Å². The third-order valence-corrected chi connectivity index (χ3v) is 7.16. The molecule has 0 amide bonds. The van der Waals surface area contributed by atoms with E-state index in [1.807, 2.05) is 0 Å². The summed E-state index contributed by atoms with van der Waals surface area (Å²) < 4.78 is 95.5. The number of hydrogen-bond donors (Lipinski definition) is 1. The maximum absolute atomic E-state index is 13.9. The molecule has 0 bridgehead atoms. The van der Waals surface area contributed by atoms with Crippen LogP contribution in [0.15, 0.2) is 60.0 Å². The third kappa shape index (κ3) is 4.86. The van der Waals surface area contributed by atoms with Crippen LogP contribution < -0.4 is 5.32 Å². The van der Waals surface area contributed by atoms with Gasteiger partial charge in [0.15, 0.2) is 5.03 Å². The zero-order valence-electron chi connectivity index (χ0n) is 17.2. The van der Waals surface area contributed by atoms with Crippen LogP contribution in [0, 0.1) is 11.6 Å². The fourth-order valence-corrected chi connectivity index (χ4v) is 5.32. The molecule has 0 saturated carbocycles. The lowest BCUT2D eigenvalue weighted by Crippen LogP contribution is -2.32. The topological polar surface area (TPSA) is 67.2 Å². The number of hydrogen-bond acceptors (Lipinski definition) is 4. The lowest BCUT2D eigenvalue weighted by atomic mass is 9.94. The molecule has 1 aliphatic rings. The van der Waals surface area contributed by atoms with Gasteiger partial charge in [-0.15, -0.1) is 0 Å². The highest BCUT2D eigenvalue weighted by molar-refractivity contribution is 7.89. The molecule has 0 spiro atoms. The smallest absolute Gasteiger partial charge is 0.380 e. The first kappa shape index (κ1) is 23.2. The normalized spacial score (nSPS) is 19.7. The third-order valence-electron chi connectivity index (χ3n) is 5.45. The Morgan fingerprint density at radius 3 is 2.33 bits per heavy atom. The molecule has 12 heteroatoms. The van der Waals surface area contributed by atoms with Gasteiger partial charge in [-0.2, -0.15) is 17.5 Å². The number of nitrogens with zero attached hydrogens (tertiary/aromatic N) is 3. The molecule has 176 valence electrons. The second-order valence-electron chi connectivity index (χ2n) is 7.83. The Morgan fingerprint density at radius 2 is 1.73 bits per heavy atom. The molecule has 2 atom stereocenters. The number of rotatable bonds is 5. The van der Waals surface area contributed by atoms with E-state index in [4.69, 9.17) is 0 Å². The highest BCUT2D eigenvalue weighted by atomic mass is 32.2. The quantitative estimate of drug-likeness (QED) is 0.554. The Hall–Kier alpha value is -2.99. The van der Waals surface area contributed by atoms with Crippen molar-refractivity contribution in [2.45, 2.75) is 23.2 Å². The van der Waals surface area contributed by atoms with Crippen LogP contribution in [-0.2, 0) is 23.2 Å². The molecule has 3 aromatic rings. The van der Waals surface area contributed by atoms with Crippen LogP contribution in [0.4, 0.5) is 27.6 Å². The van der Waals surface area contributed by atoms with E-state index in [2.05, 4.69) is 10.3 Å². The van der Waals surface area contributed by atoms with Gasteiger partial charge in [0.2, 0.25) is 0 Å². The fraction of sp³-hybridized carbons (Fsp3) is 0.286. The van der Waals surface area contributed by atoms with Gasteiger partial charge in [-0.25, -0.2) is 22.2 Å². The molecule has 1 fully saturated rings. The van der Waals surface area contributed by atoms with Gasteiger partial charge in [0.05, 0.1) is 11.9 Å². The zero-order valence-corrected chi connectivity index (χ0v) is 18.0. The summed E-state index contributed by atoms with van der Waals surface area (Å²) in [5, 5.41) is 2.68. The molecule has 0 aliphatic carbocycles. The Balaban J connectivity index is 1.68. The van der Waals surface area contributed by atoms with Crippen LogP contribution in [0.3, 0.4) is 0 Å². The van der Waals surface area contributed by atoms with Crippen LogP contribution in [0.1, 0.15) is 17.0 Å². The number of aromatic nitrogens is 2. The number of sulfonamides is 1. The van der Waals surface area contributed by atoms with Gasteiger partial charge < -0.3 is 9.88 Å². The van der Waals surface area contributed by atoms with Gasteiger partial charge in [-0.05, 0) is 35.9 Å². The van der Waals surface area contributed by atoms with Crippen molar-refractivity contribution in [1.82, 2.24) is 13.9 Å². The molecule has 33 heavy (non-hydrogen) atoms. The summed E-state index contributed by atoms with van der Waals surface area (Å²) in [6, 6.07) is 6.74. The maximum Gasteiger partial charge on any atom is 0.416 e. The van der Waals surface area contributed by atoms with Crippen molar-refractivity contribution < 1.29 is 30.4 Å². The molecular weight excluding hydrogens is 467 g/mol. The summed E-state index contributed by atoms with van der Waals surface area (Å²) in [5.41, 5.74) is -0.726. The number of nitrogens with one attached hydrogen (secondary N) is 1. The SMILES string of the molecule is Cn1cnc(S(=O)(=O)N2C[C@H](Nc3cc(F)cc(C(F)(F)F)c3)[C@@H](c3ccc(F)cc3)C2)c1. The van der Waals surface area contributed by atoms with Gasteiger partial charge in [-0.1, -0.05) is 12.1 Å². The molecule has 4 rings (SSSR count). The summed E-state index contributed by atoms with van der Waals surface area (Å²) in [7, 11) is -2.38. The molecule has 2 aromatic carbocycles. The summed E-state index contributed by atoms with van der Waals surface area (Å²) in [5.74, 6) is -2.11. The maximum atomic E-state index is 13.9. The van der Waals surface area contributed by atoms with Crippen molar-refractivity contribution in [3.63, 3.8) is 0 Å². The molecule has 1 saturated heterocycles. The lowest BCUT2D eigenvalue weighted by Gasteiger charge is -2.22. The van der Waals surface area contributed by atoms with Crippen molar-refractivity contribution >= 4 is 15.7 Å². The number of halogens is 5. The average Bonchev–Trinajstić information content (AvgIpc) is 3.35. The second-order valence-corrected chi connectivity index (χ2v) is 9.72. The van der Waals surface area contributed by atoms with E-state index in [1.54, 1.807) is 7.05 Å². The lowest BCUT2D eigenvalue weighted by molar-refractivity contribution is -0.137. The molecule has 1 aromatic heterocycles. The predicted molar refractivity (Wildman–Crippen MR) is 110 cm³/mol. The summed E-state index contributed by atoms with van der Waals surface area (Å²) >= 11 is 0. The number of imidazole rings is 1. The number of aryl methyl sites for hydroxylation is 1. The summed E-state index contributed by atoms with van der Waals surface area (Å²) in [4.78, 5) is 3.89. The highest BCUT2D eigenvalue weighted by Gasteiger charge is 2.41. The second kappa shape index (κ2) is 8.41. The van der Waals surface area contributed by atoms with E-state index < -0.39 is 45.4 Å². The standard InChI is InChI=1S/C21H19F5N4O2S/c1-29-11-20(27-12-29)33(31,32)30-9-18(13-2-4-15(22)5-3-13)19(10-30)28-17-7-14(21(24,25)26)6-16(23)8-17/h2-8,11-12,18-19,28H,9-10H2,1H3/t18-,19+/m1/s1. The minimum Gasteiger partial charge on any atom is -0.380 e. The van der Waals surface area contributed by atoms with Crippen LogP contribution >= 0.6 is 0 Å². The fourth-order valence-electron chi connectivity index (χ4n) is 3.86. The van der Waals surface area contributed by atoms with Gasteiger partial charge >= 0.3 is 6.18 Å². The monoisotopic (exact) mass is 486 g/mol. The minimum atomic E-state index is -4.75. The summed E-state index contributed by atoms with van der Waals surface area (Å²) in [6.45, 7) is -0.136. The van der Waals surface area contributed by atoms with E-state index >= 15 is 0 Å². The molecule has 6 nitrogen and oxygen atoms in total. The molecule has 1 N–H and O–H groups in total. The Kier molecular flexibility index (Phi) is 5.91. The van der Waals surface area contributed by atoms with Gasteiger partial charge in [0.25, 0.3) is 10.0 Å². The first-order chi connectivity index (χ1) is 15.4. The largest absolute Gasteiger partial charge is 0.416 e. The van der Waals surface area contributed by atoms with Gasteiger partial charge in [-0.3, -0.25) is 0 Å². The number of benzene rings is 2. The minimum absolute atomic E-state index is 0.0242. The van der Waals surface area contributed by atoms with Crippen molar-refractivity contribution in [3.05, 3.63) is 77.8 Å². The van der Waals surface area contributed by atoms with Crippen LogP contribution in [0.2, 0.25) is 0 Å². The van der Waals surface area contributed by atoms with Gasteiger partial charge in [0, 0.05) is 44.0 Å². The van der Waals surface area contributed by atoms with E-state index in [-0.39, 0.29) is 23.8 Å². The zero-order chi connectivity index (χ0) is 24.0. The molecular formula is C21H19F5N4O2S. The first-order valence-corrected chi connectivity index (χ1v) is 11.3. The number of anilines is 1. The van der Waals surface area contributed by atoms with Crippen LogP contribution in [0.25, 0.3) is 0 Å². The summed E-state index contributed by atoms with van der Waals surface area (Å²) in [6.07, 6.45) is -2.08. The average molecular weight is 486 g/mol. The van der Waals surface area contributed by atoms with E-state index in [9.17, 15) is 30.4 Å². The van der Waals surface area contributed by atoms with Crippen molar-refractivity contribution in [3.8, 4) is 0 Å². The highest BCUT2D eigenvalue weighted by Crippen LogP contribution is 2.35. The van der Waals surface area contributed by atoms with Crippen LogP contribution in [0.5, 0.6) is 0 Å². The molecule has 0 unspecified atom stereocenters. The van der Waals surface area contributed by atoms with Crippen molar-refractivity contribution in [2.75, 3.05) is 18.4 Å². The van der Waals surface area contributed by atoms with Gasteiger partial charge in [0.1, 0.15) is 11.6 Å². The Morgan fingerprint density at radius 1 is 1.03 bits per heavy atom. The molecule has 1 aliphatic heterocycles. The van der Waals surface area contributed by atoms with Crippen molar-refractivity contribution in [2.24, 2.45) is 7.05 Å². The Bertz CT molecular complexity index is 1260. The molecule has 2 heterocycles. The van der Waals surface area contributed by atoms with E-state index in [0.717, 1.165) is 16.4 Å². The first-order valence-electron chi connectivity index (χ1n) is 9.81. The van der Waals surface area contributed by atoms with Crippen LogP contribution in [-0.4, -0.2) is 41.4 Å².